The molecule has 1 saturated heterocycles. The van der Waals surface area contributed by atoms with Gasteiger partial charge in [0, 0.05) is 20.1 Å². The Bertz CT molecular complexity index is 668. The molecule has 0 spiro atoms. The largest absolute Gasteiger partial charge is 0.338 e. The smallest absolute Gasteiger partial charge is 0.317 e. The van der Waals surface area contributed by atoms with E-state index in [1.807, 2.05) is 32.2 Å². The van der Waals surface area contributed by atoms with Gasteiger partial charge in [0.15, 0.2) is 0 Å². The molecule has 0 radical (unpaired) electrons. The van der Waals surface area contributed by atoms with Crippen molar-refractivity contribution in [1.29, 1.82) is 0 Å². The lowest BCUT2D eigenvalue weighted by molar-refractivity contribution is 0.192. The van der Waals surface area contributed by atoms with Gasteiger partial charge in [-0.25, -0.2) is 9.78 Å². The van der Waals surface area contributed by atoms with Crippen molar-refractivity contribution in [2.75, 3.05) is 33.2 Å². The van der Waals surface area contributed by atoms with E-state index in [9.17, 15) is 4.79 Å². The Hall–Kier alpha value is -1.66. The number of likely N-dealkylation sites (tertiary alicyclic amines) is 1. The highest BCUT2D eigenvalue weighted by molar-refractivity contribution is 7.18. The van der Waals surface area contributed by atoms with Crippen LogP contribution in [-0.4, -0.2) is 54.0 Å². The summed E-state index contributed by atoms with van der Waals surface area (Å²) >= 11 is 1.66. The molecule has 1 aromatic carbocycles. The molecule has 3 rings (SSSR count). The molecule has 2 amide bonds. The van der Waals surface area contributed by atoms with Gasteiger partial charge in [-0.15, -0.1) is 11.3 Å². The fourth-order valence-electron chi connectivity index (χ4n) is 3.13. The number of carbonyl (C=O) groups is 1. The number of amides is 2. The highest BCUT2D eigenvalue weighted by Gasteiger charge is 2.24. The topological polar surface area (TPSA) is 48.5 Å². The molecular formula is C18H26N4OS. The Morgan fingerprint density at radius 2 is 2.29 bits per heavy atom. The molecular weight excluding hydrogens is 320 g/mol. The Balaban J connectivity index is 1.56. The number of nitrogens with zero attached hydrogens (tertiary/aromatic N) is 3. The number of fused-ring (bicyclic) bond motifs is 1. The van der Waals surface area contributed by atoms with E-state index < -0.39 is 0 Å². The van der Waals surface area contributed by atoms with Crippen LogP contribution in [0.15, 0.2) is 24.3 Å². The molecule has 1 fully saturated rings. The average Bonchev–Trinajstić information content (AvgIpc) is 3.24. The van der Waals surface area contributed by atoms with Gasteiger partial charge in [-0.05, 0) is 44.5 Å². The number of aromatic nitrogens is 1. The van der Waals surface area contributed by atoms with E-state index in [-0.39, 0.29) is 12.1 Å². The highest BCUT2D eigenvalue weighted by atomic mass is 32.1. The van der Waals surface area contributed by atoms with Crippen LogP contribution in [0, 0.1) is 5.92 Å². The summed E-state index contributed by atoms with van der Waals surface area (Å²) in [5.74, 6) is 0.569. The first-order valence-corrected chi connectivity index (χ1v) is 9.48. The molecule has 5 nitrogen and oxygen atoms in total. The van der Waals surface area contributed by atoms with E-state index in [2.05, 4.69) is 28.2 Å². The molecule has 0 aliphatic carbocycles. The second-order valence-corrected chi connectivity index (χ2v) is 7.60. The molecule has 1 N–H and O–H groups in total. The summed E-state index contributed by atoms with van der Waals surface area (Å²) in [6.07, 6.45) is 1.17. The van der Waals surface area contributed by atoms with Crippen LogP contribution in [-0.2, 0) is 0 Å². The zero-order chi connectivity index (χ0) is 17.1. The standard InChI is InChI=1S/C18H26N4OS/c1-4-22-10-9-14(12-22)11-19-18(23)21(3)13(2)17-20-15-7-5-6-8-16(15)24-17/h5-8,13-14H,4,9-12H2,1-3H3,(H,19,23)/t13-,14-/m0/s1. The Morgan fingerprint density at radius 3 is 3.00 bits per heavy atom. The van der Waals surface area contributed by atoms with Gasteiger partial charge in [-0.1, -0.05) is 19.1 Å². The lowest BCUT2D eigenvalue weighted by atomic mass is 10.1. The van der Waals surface area contributed by atoms with Crippen molar-refractivity contribution in [3.8, 4) is 0 Å². The lowest BCUT2D eigenvalue weighted by Crippen LogP contribution is -2.41. The van der Waals surface area contributed by atoms with E-state index in [4.69, 9.17) is 0 Å². The molecule has 1 aliphatic heterocycles. The number of nitrogens with one attached hydrogen (secondary N) is 1. The van der Waals surface area contributed by atoms with Crippen LogP contribution in [0.1, 0.15) is 31.3 Å². The van der Waals surface area contributed by atoms with Crippen LogP contribution in [0.3, 0.4) is 0 Å². The number of rotatable bonds is 5. The van der Waals surface area contributed by atoms with Gasteiger partial charge in [0.25, 0.3) is 0 Å². The van der Waals surface area contributed by atoms with Crippen molar-refractivity contribution in [2.45, 2.75) is 26.3 Å². The SMILES string of the molecule is CCN1CC[C@@H](CNC(=O)N(C)[C@@H](C)c2nc3ccccc3s2)C1. The normalized spacial score (nSPS) is 19.5. The minimum Gasteiger partial charge on any atom is -0.338 e. The van der Waals surface area contributed by atoms with E-state index >= 15 is 0 Å². The maximum atomic E-state index is 12.5. The highest BCUT2D eigenvalue weighted by Crippen LogP contribution is 2.28. The van der Waals surface area contributed by atoms with Crippen LogP contribution in [0.25, 0.3) is 10.2 Å². The third kappa shape index (κ3) is 3.70. The number of hydrogen-bond donors (Lipinski definition) is 1. The van der Waals surface area contributed by atoms with E-state index in [0.717, 1.165) is 36.7 Å². The summed E-state index contributed by atoms with van der Waals surface area (Å²) in [4.78, 5) is 21.3. The number of para-hydroxylation sites is 1. The first-order valence-electron chi connectivity index (χ1n) is 8.67. The summed E-state index contributed by atoms with van der Waals surface area (Å²) in [6, 6.07) is 8.06. The first kappa shape index (κ1) is 17.2. The molecule has 6 heteroatoms. The molecule has 2 aromatic rings. The summed E-state index contributed by atoms with van der Waals surface area (Å²) in [6.45, 7) is 8.31. The molecule has 0 unspecified atom stereocenters. The van der Waals surface area contributed by atoms with Gasteiger partial charge in [0.1, 0.15) is 5.01 Å². The van der Waals surface area contributed by atoms with Gasteiger partial charge >= 0.3 is 6.03 Å². The minimum absolute atomic E-state index is 0.0169. The number of urea groups is 1. The van der Waals surface area contributed by atoms with Gasteiger partial charge in [-0.2, -0.15) is 0 Å². The minimum atomic E-state index is -0.0295. The quantitative estimate of drug-likeness (QED) is 0.903. The third-order valence-electron chi connectivity index (χ3n) is 4.93. The van der Waals surface area contributed by atoms with Gasteiger partial charge in [-0.3, -0.25) is 0 Å². The van der Waals surface area contributed by atoms with Gasteiger partial charge in [0.05, 0.1) is 16.3 Å². The van der Waals surface area contributed by atoms with Crippen molar-refractivity contribution in [3.63, 3.8) is 0 Å². The predicted octanol–water partition coefficient (Wildman–Crippen LogP) is 3.34. The maximum absolute atomic E-state index is 12.5. The predicted molar refractivity (Wildman–Crippen MR) is 99.4 cm³/mol. The molecule has 0 bridgehead atoms. The van der Waals surface area contributed by atoms with Crippen molar-refractivity contribution in [2.24, 2.45) is 5.92 Å². The summed E-state index contributed by atoms with van der Waals surface area (Å²) in [5, 5.41) is 4.07. The van der Waals surface area contributed by atoms with Crippen LogP contribution in [0.2, 0.25) is 0 Å². The van der Waals surface area contributed by atoms with Crippen molar-refractivity contribution < 1.29 is 4.79 Å². The molecule has 1 aromatic heterocycles. The zero-order valence-electron chi connectivity index (χ0n) is 14.7. The Kier molecular flexibility index (Phi) is 5.36. The summed E-state index contributed by atoms with van der Waals surface area (Å²) in [5.41, 5.74) is 1.00. The second-order valence-electron chi connectivity index (χ2n) is 6.54. The Labute approximate surface area is 147 Å². The summed E-state index contributed by atoms with van der Waals surface area (Å²) in [7, 11) is 1.85. The number of thiazole rings is 1. The summed E-state index contributed by atoms with van der Waals surface area (Å²) < 4.78 is 1.17. The van der Waals surface area contributed by atoms with Crippen molar-refractivity contribution in [3.05, 3.63) is 29.3 Å². The number of carbonyl (C=O) groups excluding carboxylic acids is 1. The maximum Gasteiger partial charge on any atom is 0.317 e. The van der Waals surface area contributed by atoms with Crippen molar-refractivity contribution >= 4 is 27.6 Å². The van der Waals surface area contributed by atoms with E-state index in [1.54, 1.807) is 16.2 Å². The van der Waals surface area contributed by atoms with Gasteiger partial charge in [0.2, 0.25) is 0 Å². The average molecular weight is 347 g/mol. The van der Waals surface area contributed by atoms with Crippen molar-refractivity contribution in [1.82, 2.24) is 20.1 Å². The fraction of sp³-hybridized carbons (Fsp3) is 0.556. The van der Waals surface area contributed by atoms with Crippen LogP contribution in [0.5, 0.6) is 0 Å². The van der Waals surface area contributed by atoms with Crippen LogP contribution in [0.4, 0.5) is 4.79 Å². The van der Waals surface area contributed by atoms with E-state index in [0.29, 0.717) is 5.92 Å². The molecule has 24 heavy (non-hydrogen) atoms. The molecule has 0 saturated carbocycles. The van der Waals surface area contributed by atoms with Crippen LogP contribution >= 0.6 is 11.3 Å². The molecule has 2 heterocycles. The fourth-order valence-corrected chi connectivity index (χ4v) is 4.20. The molecule has 2 atom stereocenters. The molecule has 130 valence electrons. The lowest BCUT2D eigenvalue weighted by Gasteiger charge is -2.24. The third-order valence-corrected chi connectivity index (χ3v) is 6.13. The molecule has 1 aliphatic rings. The number of benzene rings is 1. The van der Waals surface area contributed by atoms with Gasteiger partial charge < -0.3 is 15.1 Å². The first-order chi connectivity index (χ1) is 11.6. The zero-order valence-corrected chi connectivity index (χ0v) is 15.5. The Morgan fingerprint density at radius 1 is 1.50 bits per heavy atom. The second kappa shape index (κ2) is 7.49. The monoisotopic (exact) mass is 346 g/mol. The van der Waals surface area contributed by atoms with E-state index in [1.165, 1.54) is 11.1 Å². The van der Waals surface area contributed by atoms with Crippen LogP contribution < -0.4 is 5.32 Å². The number of hydrogen-bond acceptors (Lipinski definition) is 4.